The van der Waals surface area contributed by atoms with E-state index in [1.54, 1.807) is 0 Å². The molecule has 1 fully saturated rings. The molecule has 1 N–H and O–H groups in total. The maximum absolute atomic E-state index is 11.3. The Morgan fingerprint density at radius 2 is 2.08 bits per heavy atom. The van der Waals surface area contributed by atoms with Crippen LogP contribution in [-0.2, 0) is 9.53 Å². The van der Waals surface area contributed by atoms with Crippen LogP contribution < -0.4 is 10.1 Å². The van der Waals surface area contributed by atoms with Gasteiger partial charge in [0.2, 0.25) is 0 Å². The van der Waals surface area contributed by atoms with Gasteiger partial charge < -0.3 is 14.8 Å². The van der Waals surface area contributed by atoms with Crippen LogP contribution in [0.25, 0.3) is 0 Å². The van der Waals surface area contributed by atoms with Crippen LogP contribution in [-0.4, -0.2) is 12.6 Å². The summed E-state index contributed by atoms with van der Waals surface area (Å²) >= 11 is 0. The Kier molecular flexibility index (Phi) is 4.45. The molecule has 0 radical (unpaired) electrons. The third kappa shape index (κ3) is 3.10. The van der Waals surface area contributed by atoms with Crippen molar-refractivity contribution in [1.29, 1.82) is 0 Å². The lowest BCUT2D eigenvalue weighted by Gasteiger charge is -2.37. The van der Waals surface area contributed by atoms with Gasteiger partial charge in [0, 0.05) is 30.7 Å². The maximum Gasteiger partial charge on any atom is 0.308 e. The topological polar surface area (TPSA) is 47.6 Å². The lowest BCUT2D eigenvalue weighted by atomic mass is 9.80. The van der Waals surface area contributed by atoms with Crippen LogP contribution in [0.3, 0.4) is 0 Å². The zero-order valence-electron chi connectivity index (χ0n) is 15.5. The highest BCUT2D eigenvalue weighted by molar-refractivity contribution is 5.69. The lowest BCUT2D eigenvalue weighted by Crippen LogP contribution is -2.29. The molecule has 26 heavy (non-hydrogen) atoms. The Bertz CT molecular complexity index is 830. The molecule has 0 aromatic heterocycles. The SMILES string of the molecule is CC(=O)Oc1cccc(C2Nc3ccc(C(C)C)cc3C3OCCC23)c1. The highest BCUT2D eigenvalue weighted by Crippen LogP contribution is 2.50. The summed E-state index contributed by atoms with van der Waals surface area (Å²) in [6.45, 7) is 6.64. The first-order valence-electron chi connectivity index (χ1n) is 9.33. The third-order valence-corrected chi connectivity index (χ3v) is 5.40. The molecule has 0 spiro atoms. The van der Waals surface area contributed by atoms with Crippen LogP contribution >= 0.6 is 0 Å². The lowest BCUT2D eigenvalue weighted by molar-refractivity contribution is -0.131. The van der Waals surface area contributed by atoms with E-state index in [2.05, 4.69) is 43.4 Å². The van der Waals surface area contributed by atoms with Gasteiger partial charge in [0.25, 0.3) is 0 Å². The van der Waals surface area contributed by atoms with E-state index in [9.17, 15) is 4.79 Å². The fourth-order valence-electron chi connectivity index (χ4n) is 4.12. The van der Waals surface area contributed by atoms with Crippen LogP contribution in [0.5, 0.6) is 5.75 Å². The van der Waals surface area contributed by atoms with Crippen LogP contribution in [0.1, 0.15) is 61.9 Å². The van der Waals surface area contributed by atoms with E-state index in [1.807, 2.05) is 18.2 Å². The molecule has 3 unspecified atom stereocenters. The maximum atomic E-state index is 11.3. The molecule has 2 aliphatic rings. The summed E-state index contributed by atoms with van der Waals surface area (Å²) in [6, 6.07) is 14.6. The number of fused-ring (bicyclic) bond motifs is 3. The van der Waals surface area contributed by atoms with E-state index in [0.717, 1.165) is 24.3 Å². The average Bonchev–Trinajstić information content (AvgIpc) is 3.10. The number of esters is 1. The zero-order valence-corrected chi connectivity index (χ0v) is 15.5. The van der Waals surface area contributed by atoms with Crippen LogP contribution in [0.2, 0.25) is 0 Å². The fourth-order valence-corrected chi connectivity index (χ4v) is 4.12. The van der Waals surface area contributed by atoms with E-state index in [4.69, 9.17) is 9.47 Å². The molecule has 0 saturated carbocycles. The molecule has 2 aromatic rings. The Morgan fingerprint density at radius 1 is 1.23 bits per heavy atom. The summed E-state index contributed by atoms with van der Waals surface area (Å²) in [5.74, 6) is 1.16. The molecule has 0 aliphatic carbocycles. The number of ether oxygens (including phenoxy) is 2. The summed E-state index contributed by atoms with van der Waals surface area (Å²) in [7, 11) is 0. The molecular formula is C22H25NO3. The van der Waals surface area contributed by atoms with Gasteiger partial charge in [0.1, 0.15) is 5.75 Å². The molecular weight excluding hydrogens is 326 g/mol. The minimum absolute atomic E-state index is 0.118. The summed E-state index contributed by atoms with van der Waals surface area (Å²) in [5.41, 5.74) is 4.88. The number of benzene rings is 2. The van der Waals surface area contributed by atoms with E-state index in [-0.39, 0.29) is 18.1 Å². The number of hydrogen-bond acceptors (Lipinski definition) is 4. The highest BCUT2D eigenvalue weighted by Gasteiger charge is 2.41. The van der Waals surface area contributed by atoms with Crippen molar-refractivity contribution in [3.05, 3.63) is 59.2 Å². The molecule has 0 amide bonds. The molecule has 2 aromatic carbocycles. The Hall–Kier alpha value is -2.33. The minimum atomic E-state index is -0.299. The Balaban J connectivity index is 1.70. The Morgan fingerprint density at radius 3 is 2.85 bits per heavy atom. The molecule has 2 aliphatic heterocycles. The standard InChI is InChI=1S/C22H25NO3/c1-13(2)15-7-8-20-19(12-15)22-18(9-10-25-22)21(23-20)16-5-4-6-17(11-16)26-14(3)24/h4-8,11-13,18,21-23H,9-10H2,1-3H3. The predicted molar refractivity (Wildman–Crippen MR) is 101 cm³/mol. The quantitative estimate of drug-likeness (QED) is 0.626. The first-order chi connectivity index (χ1) is 12.5. The van der Waals surface area contributed by atoms with Crippen LogP contribution in [0, 0.1) is 5.92 Å². The summed E-state index contributed by atoms with van der Waals surface area (Å²) in [6.07, 6.45) is 1.14. The normalized spacial score (nSPS) is 23.9. The minimum Gasteiger partial charge on any atom is -0.427 e. The van der Waals surface area contributed by atoms with Crippen molar-refractivity contribution in [1.82, 2.24) is 0 Å². The van der Waals surface area contributed by atoms with Crippen molar-refractivity contribution in [2.75, 3.05) is 11.9 Å². The van der Waals surface area contributed by atoms with E-state index in [1.165, 1.54) is 18.1 Å². The highest BCUT2D eigenvalue weighted by atomic mass is 16.5. The molecule has 1 saturated heterocycles. The summed E-state index contributed by atoms with van der Waals surface area (Å²) < 4.78 is 11.4. The molecule has 4 nitrogen and oxygen atoms in total. The monoisotopic (exact) mass is 351 g/mol. The number of carbonyl (C=O) groups excluding carboxylic acids is 1. The van der Waals surface area contributed by atoms with Crippen molar-refractivity contribution in [3.8, 4) is 5.75 Å². The first-order valence-corrected chi connectivity index (χ1v) is 9.33. The van der Waals surface area contributed by atoms with Crippen molar-refractivity contribution in [2.24, 2.45) is 5.92 Å². The van der Waals surface area contributed by atoms with E-state index >= 15 is 0 Å². The van der Waals surface area contributed by atoms with Crippen molar-refractivity contribution >= 4 is 11.7 Å². The van der Waals surface area contributed by atoms with Gasteiger partial charge in [-0.1, -0.05) is 38.1 Å². The third-order valence-electron chi connectivity index (χ3n) is 5.40. The number of hydrogen-bond donors (Lipinski definition) is 1. The van der Waals surface area contributed by atoms with Gasteiger partial charge in [0.05, 0.1) is 12.1 Å². The van der Waals surface area contributed by atoms with Crippen LogP contribution in [0.15, 0.2) is 42.5 Å². The summed E-state index contributed by atoms with van der Waals surface area (Å²) in [4.78, 5) is 11.3. The number of nitrogens with one attached hydrogen (secondary N) is 1. The van der Waals surface area contributed by atoms with Gasteiger partial charge in [0.15, 0.2) is 0 Å². The second kappa shape index (κ2) is 6.76. The van der Waals surface area contributed by atoms with Gasteiger partial charge >= 0.3 is 5.97 Å². The molecule has 2 heterocycles. The number of rotatable bonds is 3. The number of carbonyl (C=O) groups is 1. The van der Waals surface area contributed by atoms with E-state index < -0.39 is 0 Å². The fraction of sp³-hybridized carbons (Fsp3) is 0.409. The van der Waals surface area contributed by atoms with Crippen molar-refractivity contribution in [3.63, 3.8) is 0 Å². The average molecular weight is 351 g/mol. The van der Waals surface area contributed by atoms with Gasteiger partial charge in [-0.15, -0.1) is 0 Å². The van der Waals surface area contributed by atoms with Gasteiger partial charge in [-0.3, -0.25) is 4.79 Å². The van der Waals surface area contributed by atoms with Gasteiger partial charge in [-0.05, 0) is 41.7 Å². The van der Waals surface area contributed by atoms with Crippen LogP contribution in [0.4, 0.5) is 5.69 Å². The first kappa shape index (κ1) is 17.1. The zero-order chi connectivity index (χ0) is 18.3. The summed E-state index contributed by atoms with van der Waals surface area (Å²) in [5, 5.41) is 3.71. The largest absolute Gasteiger partial charge is 0.427 e. The number of anilines is 1. The molecule has 4 rings (SSSR count). The smallest absolute Gasteiger partial charge is 0.308 e. The second-order valence-electron chi connectivity index (χ2n) is 7.53. The van der Waals surface area contributed by atoms with E-state index in [0.29, 0.717) is 17.6 Å². The van der Waals surface area contributed by atoms with Gasteiger partial charge in [-0.2, -0.15) is 0 Å². The predicted octanol–water partition coefficient (Wildman–Crippen LogP) is 4.98. The molecule has 4 heteroatoms. The molecule has 0 bridgehead atoms. The van der Waals surface area contributed by atoms with Crippen molar-refractivity contribution < 1.29 is 14.3 Å². The van der Waals surface area contributed by atoms with Crippen molar-refractivity contribution in [2.45, 2.75) is 45.3 Å². The van der Waals surface area contributed by atoms with Gasteiger partial charge in [-0.25, -0.2) is 0 Å². The molecule has 136 valence electrons. The Labute approximate surface area is 154 Å². The second-order valence-corrected chi connectivity index (χ2v) is 7.53. The molecule has 3 atom stereocenters.